The van der Waals surface area contributed by atoms with Crippen LogP contribution in [-0.2, 0) is 58.8 Å². The van der Waals surface area contributed by atoms with Gasteiger partial charge in [0.15, 0.2) is 0 Å². The van der Waals surface area contributed by atoms with Crippen molar-refractivity contribution >= 4 is 87.8 Å². The lowest BCUT2D eigenvalue weighted by Crippen LogP contribution is -2.49. The summed E-state index contributed by atoms with van der Waals surface area (Å²) in [5.74, 6) is 0.521. The number of carbonyl (C=O) groups is 8. The lowest BCUT2D eigenvalue weighted by atomic mass is 9.79. The lowest BCUT2D eigenvalue weighted by molar-refractivity contribution is -0.157. The van der Waals surface area contributed by atoms with Gasteiger partial charge in [-0.15, -0.1) is 0 Å². The van der Waals surface area contributed by atoms with E-state index in [9.17, 15) is 38.4 Å². The van der Waals surface area contributed by atoms with Crippen LogP contribution in [0.3, 0.4) is 0 Å². The first-order valence-electron chi connectivity index (χ1n) is 30.7. The molecule has 22 nitrogen and oxygen atoms in total. The van der Waals surface area contributed by atoms with Crippen LogP contribution in [0.15, 0.2) is 77.3 Å². The highest BCUT2D eigenvalue weighted by Gasteiger charge is 2.52. The standard InChI is InChI=1S/C22H33BN2O5.C18H26N2O4.C16H21BrN2O3.C11H19NO3.CH4/c1-19(2,3)28-18(27)24-22(8)13-17(26)25(14-22)16-11-9-15(10-12-16)23-29-20(4,5)21(6,7)30-23;1-17(2,3)24-16(22)19-18(4)10-15(21)20(12-18)11-13-6-8-14(23-5)9-7-13;1-15(2,3)22-14(21)18-16(4)9-13(20)19(10-16)12-7-5-11(17)6-8-12;1-10(2,3)15-9(14)6-11(4)5-8(13)12-7-11;/h9-12H,13-14H2,1-8H3,(H,24,27);6-9H,10-12H2,1-5H3,(H,19,22);5-8H,9-10H2,1-4H3,(H,18,21);5-7H2,1-4H3,(H,12,13);1H4. The van der Waals surface area contributed by atoms with Crippen LogP contribution in [0.1, 0.15) is 184 Å². The maximum absolute atomic E-state index is 12.7. The summed E-state index contributed by atoms with van der Waals surface area (Å²) in [4.78, 5) is 101. The third-order valence-corrected chi connectivity index (χ3v) is 15.8. The zero-order valence-corrected chi connectivity index (χ0v) is 59.0. The predicted octanol–water partition coefficient (Wildman–Crippen LogP) is 11.1. The first kappa shape index (κ1) is 77.5. The normalized spacial score (nSPS) is 23.3. The molecule has 0 spiro atoms. The molecule has 5 aliphatic heterocycles. The van der Waals surface area contributed by atoms with Crippen molar-refractivity contribution in [2.24, 2.45) is 5.41 Å². The Kier molecular flexibility index (Phi) is 24.9. The second kappa shape index (κ2) is 29.6. The Labute approximate surface area is 554 Å². The van der Waals surface area contributed by atoms with E-state index in [0.29, 0.717) is 45.6 Å². The number of rotatable bonds is 11. The van der Waals surface area contributed by atoms with Crippen molar-refractivity contribution in [2.75, 3.05) is 43.1 Å². The Hall–Kier alpha value is -6.92. The van der Waals surface area contributed by atoms with Crippen LogP contribution in [0.5, 0.6) is 5.75 Å². The van der Waals surface area contributed by atoms with Gasteiger partial charge < -0.3 is 69.0 Å². The van der Waals surface area contributed by atoms with Gasteiger partial charge in [-0.05, 0) is 191 Å². The van der Waals surface area contributed by atoms with Gasteiger partial charge >= 0.3 is 31.4 Å². The van der Waals surface area contributed by atoms with E-state index in [4.69, 9.17) is 33.0 Å². The van der Waals surface area contributed by atoms with E-state index < -0.39 is 75.6 Å². The van der Waals surface area contributed by atoms with Gasteiger partial charge in [0.25, 0.3) is 0 Å². The molecule has 4 N–H and O–H groups in total. The highest BCUT2D eigenvalue weighted by atomic mass is 79.9. The van der Waals surface area contributed by atoms with Crippen molar-refractivity contribution in [3.63, 3.8) is 0 Å². The van der Waals surface area contributed by atoms with Crippen LogP contribution < -0.4 is 41.3 Å². The summed E-state index contributed by atoms with van der Waals surface area (Å²) in [7, 11) is 1.17. The topological polar surface area (TPSA) is 259 Å². The van der Waals surface area contributed by atoms with E-state index in [2.05, 4.69) is 37.2 Å². The van der Waals surface area contributed by atoms with Crippen molar-refractivity contribution in [2.45, 2.75) is 235 Å². The van der Waals surface area contributed by atoms with Crippen molar-refractivity contribution in [1.82, 2.24) is 26.2 Å². The van der Waals surface area contributed by atoms with Crippen molar-refractivity contribution in [1.29, 1.82) is 0 Å². The van der Waals surface area contributed by atoms with E-state index in [1.54, 1.807) is 21.8 Å². The van der Waals surface area contributed by atoms with Crippen LogP contribution in [-0.4, -0.2) is 143 Å². The molecule has 510 valence electrons. The first-order valence-corrected chi connectivity index (χ1v) is 31.5. The number of nitrogens with zero attached hydrogens (tertiary/aromatic N) is 3. The Morgan fingerprint density at radius 2 is 0.924 bits per heavy atom. The minimum atomic E-state index is -0.691. The van der Waals surface area contributed by atoms with Crippen LogP contribution in [0.4, 0.5) is 25.8 Å². The van der Waals surface area contributed by atoms with Gasteiger partial charge in [-0.25, -0.2) is 14.4 Å². The zero-order valence-electron chi connectivity index (χ0n) is 57.4. The first-order chi connectivity index (χ1) is 41.5. The van der Waals surface area contributed by atoms with E-state index in [-0.39, 0.29) is 61.7 Å². The van der Waals surface area contributed by atoms with E-state index in [1.165, 1.54) is 0 Å². The van der Waals surface area contributed by atoms with Gasteiger partial charge in [0.05, 0.1) is 60.6 Å². The molecular formula is C68H103BBrN7O15. The summed E-state index contributed by atoms with van der Waals surface area (Å²) in [6.07, 6.45) is -0.0779. The fraction of sp³-hybridized carbons (Fsp3) is 0.618. The maximum Gasteiger partial charge on any atom is 0.494 e. The predicted molar refractivity (Wildman–Crippen MR) is 360 cm³/mol. The van der Waals surface area contributed by atoms with Gasteiger partial charge in [-0.3, -0.25) is 24.0 Å². The Morgan fingerprint density at radius 1 is 0.543 bits per heavy atom. The summed E-state index contributed by atoms with van der Waals surface area (Å²) >= 11 is 3.38. The molecular weight excluding hydrogens is 1250 g/mol. The van der Waals surface area contributed by atoms with E-state index >= 15 is 0 Å². The third kappa shape index (κ3) is 23.9. The number of methoxy groups -OCH3 is 1. The second-order valence-corrected chi connectivity index (χ2v) is 31.2. The van der Waals surface area contributed by atoms with Crippen molar-refractivity contribution in [3.8, 4) is 5.75 Å². The zero-order chi connectivity index (χ0) is 68.7. The Bertz CT molecular complexity index is 3090. The fourth-order valence-electron chi connectivity index (χ4n) is 10.4. The molecule has 4 atom stereocenters. The number of ether oxygens (including phenoxy) is 5. The van der Waals surface area contributed by atoms with Crippen LogP contribution in [0.25, 0.3) is 0 Å². The van der Waals surface area contributed by atoms with E-state index in [0.717, 1.165) is 32.6 Å². The fourth-order valence-corrected chi connectivity index (χ4v) is 10.7. The molecule has 0 aromatic heterocycles. The number of esters is 1. The smallest absolute Gasteiger partial charge is 0.494 e. The maximum atomic E-state index is 12.7. The van der Waals surface area contributed by atoms with Crippen LogP contribution >= 0.6 is 15.9 Å². The molecule has 5 saturated heterocycles. The molecule has 0 bridgehead atoms. The number of nitrogens with one attached hydrogen (secondary N) is 4. The molecule has 24 heteroatoms. The molecule has 3 aromatic rings. The molecule has 5 fully saturated rings. The van der Waals surface area contributed by atoms with Gasteiger partial charge in [0.2, 0.25) is 23.6 Å². The summed E-state index contributed by atoms with van der Waals surface area (Å²) < 4.78 is 39.4. The van der Waals surface area contributed by atoms with Gasteiger partial charge in [-0.1, -0.05) is 54.5 Å². The van der Waals surface area contributed by atoms with E-state index in [1.807, 2.05) is 211 Å². The summed E-state index contributed by atoms with van der Waals surface area (Å²) in [5, 5.41) is 11.2. The molecule has 8 rings (SSSR count). The molecule has 92 heavy (non-hydrogen) atoms. The molecule has 0 aliphatic carbocycles. The number of anilines is 2. The highest BCUT2D eigenvalue weighted by molar-refractivity contribution is 9.10. The largest absolute Gasteiger partial charge is 0.497 e. The van der Waals surface area contributed by atoms with Gasteiger partial charge in [0.1, 0.15) is 28.2 Å². The number of hydrogen-bond donors (Lipinski definition) is 4. The van der Waals surface area contributed by atoms with Gasteiger partial charge in [-0.2, -0.15) is 0 Å². The molecule has 7 amide bonds. The summed E-state index contributed by atoms with van der Waals surface area (Å²) in [6, 6.07) is 22.7. The van der Waals surface area contributed by atoms with Crippen molar-refractivity contribution < 1.29 is 71.3 Å². The third-order valence-electron chi connectivity index (χ3n) is 15.2. The Balaban J connectivity index is 0.000000267. The number of hydrogen-bond acceptors (Lipinski definition) is 15. The number of benzene rings is 3. The Morgan fingerprint density at radius 3 is 1.29 bits per heavy atom. The molecule has 0 radical (unpaired) electrons. The minimum absolute atomic E-state index is 0. The number of alkyl carbamates (subject to hydrolysis) is 3. The molecule has 0 saturated carbocycles. The lowest BCUT2D eigenvalue weighted by Gasteiger charge is -2.32. The SMILES string of the molecule is C.CC1(CC(=O)OC(C)(C)C)CNC(=O)C1.CC1(NC(=O)OC(C)(C)C)CC(=O)N(c2ccc(B3OC(C)(C)C(C)(C)O3)cc2)C1.CC1(NC(=O)OC(C)(C)C)CC(=O)N(c2ccc(Br)cc2)C1.COc1ccc(CN2CC(C)(NC(=O)OC(C)(C)C)CC2=O)cc1. The van der Waals surface area contributed by atoms with Gasteiger partial charge in [0, 0.05) is 60.4 Å². The number of likely N-dealkylation sites (tertiary alicyclic amines) is 1. The van der Waals surface area contributed by atoms with Crippen LogP contribution in [0, 0.1) is 5.41 Å². The second-order valence-electron chi connectivity index (χ2n) is 30.3. The summed E-state index contributed by atoms with van der Waals surface area (Å²) in [5.41, 5.74) is -1.69. The molecule has 4 unspecified atom stereocenters. The number of carbonyl (C=O) groups excluding carboxylic acids is 8. The quantitative estimate of drug-likeness (QED) is 0.0790. The highest BCUT2D eigenvalue weighted by Crippen LogP contribution is 2.38. The minimum Gasteiger partial charge on any atom is -0.497 e. The average molecular weight is 1350 g/mol. The number of halogens is 1. The molecule has 5 aliphatic rings. The summed E-state index contributed by atoms with van der Waals surface area (Å²) in [6.45, 7) is 39.7. The van der Waals surface area contributed by atoms with Crippen molar-refractivity contribution in [3.05, 3.63) is 82.8 Å². The molecule has 5 heterocycles. The number of amides is 7. The average Bonchev–Trinajstić information content (AvgIpc) is 1.65. The monoisotopic (exact) mass is 1350 g/mol. The molecule has 3 aromatic carbocycles. The van der Waals surface area contributed by atoms with Crippen LogP contribution in [0.2, 0.25) is 0 Å².